The zero-order valence-electron chi connectivity index (χ0n) is 13.1. The Hall–Kier alpha value is -1.72. The predicted molar refractivity (Wildman–Crippen MR) is 78.7 cm³/mol. The molecule has 0 amide bonds. The maximum Gasteiger partial charge on any atom is 0.316 e. The summed E-state index contributed by atoms with van der Waals surface area (Å²) in [6.45, 7) is 11.3. The van der Waals surface area contributed by atoms with Crippen LogP contribution >= 0.6 is 0 Å². The maximum absolute atomic E-state index is 12.2. The lowest BCUT2D eigenvalue weighted by Gasteiger charge is -2.20. The smallest absolute Gasteiger partial charge is 0.316 e. The standard InChI is InChI=1S/C16H21NO4/c1-7-11-10-8-20-14(19-6)12(10)13(9(2)17-11)21-15(18)16(3,4)5/h7,14H,1,8H2,2-6H3. The number of aryl methyl sites for hydroxylation is 1. The van der Waals surface area contributed by atoms with E-state index in [1.54, 1.807) is 40.9 Å². The summed E-state index contributed by atoms with van der Waals surface area (Å²) in [5.41, 5.74) is 2.35. The highest BCUT2D eigenvalue weighted by Crippen LogP contribution is 2.41. The van der Waals surface area contributed by atoms with Crippen LogP contribution in [0.25, 0.3) is 6.08 Å². The zero-order chi connectivity index (χ0) is 15.8. The van der Waals surface area contributed by atoms with Crippen LogP contribution in [0, 0.1) is 12.3 Å². The van der Waals surface area contributed by atoms with Gasteiger partial charge in [-0.25, -0.2) is 4.98 Å². The third kappa shape index (κ3) is 2.84. The quantitative estimate of drug-likeness (QED) is 0.801. The van der Waals surface area contributed by atoms with Crippen LogP contribution in [0.3, 0.4) is 0 Å². The molecule has 21 heavy (non-hydrogen) atoms. The van der Waals surface area contributed by atoms with E-state index >= 15 is 0 Å². The number of ether oxygens (including phenoxy) is 3. The first-order chi connectivity index (χ1) is 9.79. The number of methoxy groups -OCH3 is 1. The van der Waals surface area contributed by atoms with E-state index in [2.05, 4.69) is 11.6 Å². The van der Waals surface area contributed by atoms with Gasteiger partial charge in [-0.15, -0.1) is 0 Å². The fourth-order valence-electron chi connectivity index (χ4n) is 2.14. The molecule has 5 nitrogen and oxygen atoms in total. The van der Waals surface area contributed by atoms with E-state index in [0.29, 0.717) is 18.1 Å². The summed E-state index contributed by atoms with van der Waals surface area (Å²) in [5, 5.41) is 0. The minimum Gasteiger partial charge on any atom is -0.424 e. The molecule has 0 fully saturated rings. The number of hydrogen-bond acceptors (Lipinski definition) is 5. The second-order valence-corrected chi connectivity index (χ2v) is 6.03. The molecule has 0 spiro atoms. The zero-order valence-corrected chi connectivity index (χ0v) is 13.1. The first-order valence-corrected chi connectivity index (χ1v) is 6.82. The third-order valence-corrected chi connectivity index (χ3v) is 3.33. The van der Waals surface area contributed by atoms with Crippen molar-refractivity contribution in [1.82, 2.24) is 4.98 Å². The molecular weight excluding hydrogens is 270 g/mol. The summed E-state index contributed by atoms with van der Waals surface area (Å²) in [6, 6.07) is 0. The molecule has 1 aromatic rings. The second-order valence-electron chi connectivity index (χ2n) is 6.03. The van der Waals surface area contributed by atoms with Gasteiger partial charge in [0.25, 0.3) is 0 Å². The van der Waals surface area contributed by atoms with Gasteiger partial charge in [-0.3, -0.25) is 4.79 Å². The van der Waals surface area contributed by atoms with Gasteiger partial charge in [-0.1, -0.05) is 6.58 Å². The molecule has 0 aromatic carbocycles. The van der Waals surface area contributed by atoms with Crippen molar-refractivity contribution in [1.29, 1.82) is 0 Å². The Bertz CT molecular complexity index is 587. The van der Waals surface area contributed by atoms with Crippen LogP contribution in [-0.4, -0.2) is 18.1 Å². The van der Waals surface area contributed by atoms with Crippen LogP contribution in [0.4, 0.5) is 0 Å². The highest BCUT2D eigenvalue weighted by atomic mass is 16.7. The first kappa shape index (κ1) is 15.7. The molecular formula is C16H21NO4. The van der Waals surface area contributed by atoms with Crippen LogP contribution in [0.15, 0.2) is 6.58 Å². The fourth-order valence-corrected chi connectivity index (χ4v) is 2.14. The Morgan fingerprint density at radius 2 is 2.14 bits per heavy atom. The van der Waals surface area contributed by atoms with Crippen LogP contribution in [0.2, 0.25) is 0 Å². The Morgan fingerprint density at radius 1 is 1.48 bits per heavy atom. The molecule has 114 valence electrons. The minimum atomic E-state index is -0.599. The Morgan fingerprint density at radius 3 is 2.67 bits per heavy atom. The summed E-state index contributed by atoms with van der Waals surface area (Å²) >= 11 is 0. The van der Waals surface area contributed by atoms with Crippen LogP contribution in [-0.2, 0) is 20.9 Å². The van der Waals surface area contributed by atoms with Crippen LogP contribution in [0.1, 0.15) is 49.6 Å². The van der Waals surface area contributed by atoms with Gasteiger partial charge in [0.05, 0.1) is 29.0 Å². The van der Waals surface area contributed by atoms with Crippen molar-refractivity contribution in [2.75, 3.05) is 7.11 Å². The van der Waals surface area contributed by atoms with Crippen molar-refractivity contribution < 1.29 is 19.0 Å². The normalized spacial score (nSPS) is 17.5. The molecule has 0 radical (unpaired) electrons. The summed E-state index contributed by atoms with van der Waals surface area (Å²) in [5.74, 6) is 0.114. The van der Waals surface area contributed by atoms with E-state index in [1.807, 2.05) is 0 Å². The third-order valence-electron chi connectivity index (χ3n) is 3.33. The number of rotatable bonds is 3. The van der Waals surface area contributed by atoms with E-state index in [0.717, 1.165) is 16.8 Å². The van der Waals surface area contributed by atoms with Crippen LogP contribution in [0.5, 0.6) is 5.75 Å². The first-order valence-electron chi connectivity index (χ1n) is 6.82. The van der Waals surface area contributed by atoms with Gasteiger partial charge in [-0.2, -0.15) is 0 Å². The van der Waals surface area contributed by atoms with E-state index in [1.165, 1.54) is 0 Å². The molecule has 1 unspecified atom stereocenters. The van der Waals surface area contributed by atoms with Crippen molar-refractivity contribution in [3.8, 4) is 5.75 Å². The van der Waals surface area contributed by atoms with Gasteiger partial charge in [-0.05, 0) is 33.8 Å². The van der Waals surface area contributed by atoms with Gasteiger partial charge >= 0.3 is 5.97 Å². The predicted octanol–water partition coefficient (Wildman–Crippen LogP) is 3.16. The van der Waals surface area contributed by atoms with Crippen molar-refractivity contribution in [2.45, 2.75) is 40.6 Å². The Balaban J connectivity index is 2.54. The largest absolute Gasteiger partial charge is 0.424 e. The molecule has 0 aliphatic carbocycles. The van der Waals surface area contributed by atoms with Gasteiger partial charge < -0.3 is 14.2 Å². The molecule has 1 aliphatic heterocycles. The summed E-state index contributed by atoms with van der Waals surface area (Å²) in [4.78, 5) is 16.6. The topological polar surface area (TPSA) is 57.7 Å². The average molecular weight is 291 g/mol. The average Bonchev–Trinajstić information content (AvgIpc) is 2.84. The monoisotopic (exact) mass is 291 g/mol. The number of carbonyl (C=O) groups is 1. The maximum atomic E-state index is 12.2. The number of aromatic nitrogens is 1. The van der Waals surface area contributed by atoms with Gasteiger partial charge in [0.1, 0.15) is 0 Å². The summed E-state index contributed by atoms with van der Waals surface area (Å²) in [7, 11) is 1.55. The highest BCUT2D eigenvalue weighted by molar-refractivity contribution is 5.79. The molecule has 0 bridgehead atoms. The van der Waals surface area contributed by atoms with E-state index in [9.17, 15) is 4.79 Å². The molecule has 1 aromatic heterocycles. The molecule has 5 heteroatoms. The lowest BCUT2D eigenvalue weighted by atomic mass is 9.97. The van der Waals surface area contributed by atoms with E-state index in [-0.39, 0.29) is 5.97 Å². The molecule has 1 aliphatic rings. The number of carbonyl (C=O) groups excluding carboxylic acids is 1. The van der Waals surface area contributed by atoms with Gasteiger partial charge in [0.15, 0.2) is 12.0 Å². The minimum absolute atomic E-state index is 0.317. The van der Waals surface area contributed by atoms with Crippen molar-refractivity contribution in [3.05, 3.63) is 29.1 Å². The summed E-state index contributed by atoms with van der Waals surface area (Å²) < 4.78 is 16.5. The van der Waals surface area contributed by atoms with E-state index < -0.39 is 11.7 Å². The van der Waals surface area contributed by atoms with Gasteiger partial charge in [0.2, 0.25) is 0 Å². The SMILES string of the molecule is C=Cc1nc(C)c(OC(=O)C(C)(C)C)c2c1COC2OC. The molecule has 0 saturated heterocycles. The number of nitrogens with zero attached hydrogens (tertiary/aromatic N) is 1. The molecule has 2 heterocycles. The van der Waals surface area contributed by atoms with Gasteiger partial charge in [0, 0.05) is 12.7 Å². The number of fused-ring (bicyclic) bond motifs is 1. The Labute approximate surface area is 124 Å². The number of esters is 1. The van der Waals surface area contributed by atoms with E-state index in [4.69, 9.17) is 14.2 Å². The Kier molecular flexibility index (Phi) is 4.16. The van der Waals surface area contributed by atoms with Crippen LogP contribution < -0.4 is 4.74 Å². The second kappa shape index (κ2) is 5.58. The molecule has 0 N–H and O–H groups in total. The lowest BCUT2D eigenvalue weighted by molar-refractivity contribution is -0.143. The molecule has 0 saturated carbocycles. The molecule has 1 atom stereocenters. The van der Waals surface area contributed by atoms with Crippen molar-refractivity contribution >= 4 is 12.0 Å². The lowest BCUT2D eigenvalue weighted by Crippen LogP contribution is -2.26. The fraction of sp³-hybridized carbons (Fsp3) is 0.500. The summed E-state index contributed by atoms with van der Waals surface area (Å²) in [6.07, 6.45) is 1.12. The van der Waals surface area contributed by atoms with Crippen molar-refractivity contribution in [2.24, 2.45) is 5.41 Å². The van der Waals surface area contributed by atoms with Crippen molar-refractivity contribution in [3.63, 3.8) is 0 Å². The number of hydrogen-bond donors (Lipinski definition) is 0. The number of pyridine rings is 1. The highest BCUT2D eigenvalue weighted by Gasteiger charge is 2.34. The molecule has 2 rings (SSSR count).